The number of nitrogens with two attached hydrogens (primary N) is 1. The van der Waals surface area contributed by atoms with Gasteiger partial charge in [-0.3, -0.25) is 0 Å². The number of benzene rings is 1. The highest BCUT2D eigenvalue weighted by Crippen LogP contribution is 2.12. The molecule has 0 unspecified atom stereocenters. The molecule has 2 aromatic heterocycles. The summed E-state index contributed by atoms with van der Waals surface area (Å²) >= 11 is 0. The molecular formula is C10H9N5O. The molecule has 80 valence electrons. The minimum absolute atomic E-state index is 0.337. The van der Waals surface area contributed by atoms with Crippen LogP contribution in [0.5, 0.6) is 0 Å². The molecule has 0 aliphatic heterocycles. The van der Waals surface area contributed by atoms with Crippen molar-refractivity contribution in [3.8, 4) is 0 Å². The highest BCUT2D eigenvalue weighted by molar-refractivity contribution is 5.79. The molecule has 0 amide bonds. The van der Waals surface area contributed by atoms with Crippen molar-refractivity contribution in [1.29, 1.82) is 0 Å². The van der Waals surface area contributed by atoms with Crippen molar-refractivity contribution in [2.75, 3.05) is 5.84 Å². The Hall–Kier alpha value is -2.37. The van der Waals surface area contributed by atoms with Gasteiger partial charge in [-0.25, -0.2) is 14.2 Å². The number of nitrogen functional groups attached to an aromatic ring is 1. The van der Waals surface area contributed by atoms with Crippen LogP contribution in [-0.2, 0) is 0 Å². The van der Waals surface area contributed by atoms with Gasteiger partial charge < -0.3 is 5.84 Å². The molecule has 0 saturated heterocycles. The number of imidazole rings is 1. The fraction of sp³-hybridized carbons (Fsp3) is 0.100. The number of aryl methyl sites for hydroxylation is 1. The van der Waals surface area contributed by atoms with E-state index in [1.165, 1.54) is 4.40 Å². The van der Waals surface area contributed by atoms with E-state index in [2.05, 4.69) is 9.97 Å². The lowest BCUT2D eigenvalue weighted by atomic mass is 10.3. The van der Waals surface area contributed by atoms with E-state index in [1.54, 1.807) is 6.92 Å². The number of rotatable bonds is 0. The summed E-state index contributed by atoms with van der Waals surface area (Å²) in [4.78, 5) is 20.4. The molecule has 0 fully saturated rings. The number of para-hydroxylation sites is 2. The molecule has 0 saturated carbocycles. The Kier molecular flexibility index (Phi) is 1.57. The summed E-state index contributed by atoms with van der Waals surface area (Å²) in [5.74, 6) is 6.41. The minimum Gasteiger partial charge on any atom is -0.334 e. The van der Waals surface area contributed by atoms with Gasteiger partial charge >= 0.3 is 5.69 Å². The standard InChI is InChI=1S/C10H9N5O/c1-6-12-9-13-7-4-2-3-5-8(7)14(9)10(16)15(6)11/h2-5H,11H2,1H3. The summed E-state index contributed by atoms with van der Waals surface area (Å²) in [5.41, 5.74) is 1.11. The Bertz CT molecular complexity index is 755. The molecule has 0 aliphatic rings. The van der Waals surface area contributed by atoms with Crippen molar-refractivity contribution >= 4 is 16.8 Å². The van der Waals surface area contributed by atoms with Gasteiger partial charge in [-0.15, -0.1) is 0 Å². The predicted octanol–water partition coefficient (Wildman–Crippen LogP) is 0.0664. The van der Waals surface area contributed by atoms with Crippen molar-refractivity contribution in [3.63, 3.8) is 0 Å². The van der Waals surface area contributed by atoms with Crippen LogP contribution in [0.1, 0.15) is 5.82 Å². The summed E-state index contributed by atoms with van der Waals surface area (Å²) in [6.45, 7) is 1.67. The van der Waals surface area contributed by atoms with Crippen molar-refractivity contribution in [1.82, 2.24) is 19.0 Å². The number of aromatic nitrogens is 4. The highest BCUT2D eigenvalue weighted by Gasteiger charge is 2.10. The second kappa shape index (κ2) is 2.82. The van der Waals surface area contributed by atoms with Crippen LogP contribution in [0.15, 0.2) is 29.1 Å². The first-order chi connectivity index (χ1) is 7.68. The first kappa shape index (κ1) is 8.90. The average molecular weight is 215 g/mol. The molecular weight excluding hydrogens is 206 g/mol. The smallest absolute Gasteiger partial charge is 0.334 e. The second-order valence-corrected chi connectivity index (χ2v) is 3.55. The quantitative estimate of drug-likeness (QED) is 0.538. The lowest BCUT2D eigenvalue weighted by molar-refractivity contribution is 0.770. The monoisotopic (exact) mass is 215 g/mol. The fourth-order valence-electron chi connectivity index (χ4n) is 1.72. The van der Waals surface area contributed by atoms with Crippen LogP contribution >= 0.6 is 0 Å². The van der Waals surface area contributed by atoms with Crippen molar-refractivity contribution in [2.24, 2.45) is 0 Å². The fourth-order valence-corrected chi connectivity index (χ4v) is 1.72. The van der Waals surface area contributed by atoms with E-state index in [9.17, 15) is 4.79 Å². The van der Waals surface area contributed by atoms with E-state index in [4.69, 9.17) is 5.84 Å². The van der Waals surface area contributed by atoms with Crippen LogP contribution in [-0.4, -0.2) is 19.0 Å². The van der Waals surface area contributed by atoms with E-state index in [0.717, 1.165) is 10.2 Å². The third-order valence-corrected chi connectivity index (χ3v) is 2.55. The molecule has 3 rings (SSSR count). The van der Waals surface area contributed by atoms with Gasteiger partial charge in [-0.2, -0.15) is 9.66 Å². The van der Waals surface area contributed by atoms with E-state index in [0.29, 0.717) is 17.1 Å². The molecule has 2 heterocycles. The SMILES string of the molecule is Cc1nc2nc3ccccc3n2c(=O)n1N. The first-order valence-electron chi connectivity index (χ1n) is 4.80. The normalized spacial score (nSPS) is 11.3. The minimum atomic E-state index is -0.337. The molecule has 3 aromatic rings. The van der Waals surface area contributed by atoms with Gasteiger partial charge in [0.15, 0.2) is 0 Å². The van der Waals surface area contributed by atoms with Crippen LogP contribution in [0.4, 0.5) is 0 Å². The van der Waals surface area contributed by atoms with Crippen LogP contribution in [0.25, 0.3) is 16.8 Å². The zero-order valence-electron chi connectivity index (χ0n) is 8.58. The van der Waals surface area contributed by atoms with E-state index in [1.807, 2.05) is 24.3 Å². The van der Waals surface area contributed by atoms with Gasteiger partial charge in [0.25, 0.3) is 0 Å². The molecule has 6 nitrogen and oxygen atoms in total. The highest BCUT2D eigenvalue weighted by atomic mass is 16.2. The van der Waals surface area contributed by atoms with Crippen molar-refractivity contribution in [2.45, 2.75) is 6.92 Å². The van der Waals surface area contributed by atoms with Crippen LogP contribution in [0, 0.1) is 6.92 Å². The van der Waals surface area contributed by atoms with Gasteiger partial charge in [0.2, 0.25) is 5.78 Å². The lowest BCUT2D eigenvalue weighted by Crippen LogP contribution is -2.34. The third-order valence-electron chi connectivity index (χ3n) is 2.55. The molecule has 0 bridgehead atoms. The van der Waals surface area contributed by atoms with Crippen molar-refractivity contribution < 1.29 is 0 Å². The Morgan fingerprint density at radius 3 is 2.81 bits per heavy atom. The summed E-state index contributed by atoms with van der Waals surface area (Å²) in [6.07, 6.45) is 0. The molecule has 1 aromatic carbocycles. The van der Waals surface area contributed by atoms with Gasteiger partial charge in [-0.1, -0.05) is 12.1 Å². The van der Waals surface area contributed by atoms with E-state index in [-0.39, 0.29) is 5.69 Å². The first-order valence-corrected chi connectivity index (χ1v) is 4.80. The largest absolute Gasteiger partial charge is 0.355 e. The van der Waals surface area contributed by atoms with Gasteiger partial charge in [0.1, 0.15) is 5.82 Å². The summed E-state index contributed by atoms with van der Waals surface area (Å²) in [6, 6.07) is 7.35. The van der Waals surface area contributed by atoms with Crippen LogP contribution < -0.4 is 11.5 Å². The van der Waals surface area contributed by atoms with Gasteiger partial charge in [-0.05, 0) is 19.1 Å². The maximum absolute atomic E-state index is 11.9. The zero-order chi connectivity index (χ0) is 11.3. The Labute approximate surface area is 89.9 Å². The van der Waals surface area contributed by atoms with E-state index < -0.39 is 0 Å². The Morgan fingerprint density at radius 1 is 1.25 bits per heavy atom. The summed E-state index contributed by atoms with van der Waals surface area (Å²) in [7, 11) is 0. The van der Waals surface area contributed by atoms with Gasteiger partial charge in [0.05, 0.1) is 11.0 Å². The number of fused-ring (bicyclic) bond motifs is 3. The zero-order valence-corrected chi connectivity index (χ0v) is 8.58. The number of nitrogens with zero attached hydrogens (tertiary/aromatic N) is 4. The molecule has 6 heteroatoms. The number of hydrogen-bond acceptors (Lipinski definition) is 4. The Balaban J connectivity index is 2.68. The van der Waals surface area contributed by atoms with Crippen LogP contribution in [0.2, 0.25) is 0 Å². The summed E-state index contributed by atoms with van der Waals surface area (Å²) < 4.78 is 2.42. The third kappa shape index (κ3) is 0.979. The topological polar surface area (TPSA) is 78.2 Å². The molecule has 2 N–H and O–H groups in total. The maximum Gasteiger partial charge on any atom is 0.355 e. The molecule has 16 heavy (non-hydrogen) atoms. The second-order valence-electron chi connectivity index (χ2n) is 3.55. The Morgan fingerprint density at radius 2 is 2.00 bits per heavy atom. The number of hydrogen-bond donors (Lipinski definition) is 1. The van der Waals surface area contributed by atoms with Crippen molar-refractivity contribution in [3.05, 3.63) is 40.6 Å². The average Bonchev–Trinajstić information content (AvgIpc) is 2.64. The molecule has 0 radical (unpaired) electrons. The predicted molar refractivity (Wildman–Crippen MR) is 59.6 cm³/mol. The van der Waals surface area contributed by atoms with Gasteiger partial charge in [0, 0.05) is 0 Å². The molecule has 0 aliphatic carbocycles. The van der Waals surface area contributed by atoms with E-state index >= 15 is 0 Å². The summed E-state index contributed by atoms with van der Waals surface area (Å²) in [5, 5.41) is 0. The maximum atomic E-state index is 11.9. The molecule has 0 atom stereocenters. The molecule has 0 spiro atoms. The van der Waals surface area contributed by atoms with Crippen LogP contribution in [0.3, 0.4) is 0 Å². The lowest BCUT2D eigenvalue weighted by Gasteiger charge is -2.02.